The summed E-state index contributed by atoms with van der Waals surface area (Å²) >= 11 is 0. The molecule has 0 bridgehead atoms. The minimum Gasteiger partial charge on any atom is -0.389 e. The van der Waals surface area contributed by atoms with Gasteiger partial charge in [-0.15, -0.1) is 0 Å². The average molecular weight is 143 g/mol. The van der Waals surface area contributed by atoms with Crippen molar-refractivity contribution in [1.29, 1.82) is 0 Å². The van der Waals surface area contributed by atoms with E-state index in [0.29, 0.717) is 0 Å². The van der Waals surface area contributed by atoms with Crippen molar-refractivity contribution in [2.45, 2.75) is 44.8 Å². The fourth-order valence-corrected chi connectivity index (χ4v) is 1.09. The van der Waals surface area contributed by atoms with E-state index < -0.39 is 5.60 Å². The van der Waals surface area contributed by atoms with Gasteiger partial charge in [-0.3, -0.25) is 0 Å². The molecule has 1 aliphatic rings. The van der Waals surface area contributed by atoms with E-state index in [-0.39, 0.29) is 6.04 Å². The molecule has 1 aliphatic carbocycles. The van der Waals surface area contributed by atoms with E-state index in [1.165, 1.54) is 12.8 Å². The maximum atomic E-state index is 9.68. The van der Waals surface area contributed by atoms with Gasteiger partial charge in [-0.2, -0.15) is 0 Å². The zero-order chi connectivity index (χ0) is 7.78. The van der Waals surface area contributed by atoms with Gasteiger partial charge >= 0.3 is 0 Å². The number of nitrogens with two attached hydrogens (primary N) is 1. The molecule has 0 aromatic heterocycles. The number of rotatable bonds is 3. The van der Waals surface area contributed by atoms with Crippen LogP contribution in [0, 0.1) is 5.92 Å². The molecule has 0 aromatic carbocycles. The molecule has 60 valence electrons. The molecule has 2 nitrogen and oxygen atoms in total. The minimum atomic E-state index is -0.638. The molecular formula is C8H17NO. The quantitative estimate of drug-likeness (QED) is 0.616. The van der Waals surface area contributed by atoms with E-state index in [1.54, 1.807) is 0 Å². The van der Waals surface area contributed by atoms with Crippen LogP contribution in [0.1, 0.15) is 33.1 Å². The highest BCUT2D eigenvalue weighted by Crippen LogP contribution is 2.37. The summed E-state index contributed by atoms with van der Waals surface area (Å²) in [6, 6.07) is -0.104. The van der Waals surface area contributed by atoms with Crippen molar-refractivity contribution in [1.82, 2.24) is 0 Å². The van der Waals surface area contributed by atoms with Crippen molar-refractivity contribution in [3.05, 3.63) is 0 Å². The summed E-state index contributed by atoms with van der Waals surface area (Å²) in [6.45, 7) is 3.69. The molecule has 0 unspecified atom stereocenters. The van der Waals surface area contributed by atoms with Gasteiger partial charge in [-0.05, 0) is 26.2 Å². The predicted octanol–water partition coefficient (Wildman–Crippen LogP) is 0.885. The summed E-state index contributed by atoms with van der Waals surface area (Å²) in [5.41, 5.74) is 4.96. The van der Waals surface area contributed by atoms with Gasteiger partial charge in [0.1, 0.15) is 0 Å². The van der Waals surface area contributed by atoms with Gasteiger partial charge in [0.05, 0.1) is 5.60 Å². The Labute approximate surface area is 62.4 Å². The van der Waals surface area contributed by atoms with Gasteiger partial charge in [-0.25, -0.2) is 0 Å². The molecule has 1 saturated carbocycles. The zero-order valence-corrected chi connectivity index (χ0v) is 6.80. The van der Waals surface area contributed by atoms with E-state index >= 15 is 0 Å². The van der Waals surface area contributed by atoms with E-state index in [4.69, 9.17) is 5.73 Å². The molecule has 0 spiro atoms. The molecule has 1 rings (SSSR count). The summed E-state index contributed by atoms with van der Waals surface area (Å²) in [7, 11) is 0. The molecular weight excluding hydrogens is 126 g/mol. The normalized spacial score (nSPS) is 27.6. The molecule has 2 atom stereocenters. The Morgan fingerprint density at radius 3 is 2.50 bits per heavy atom. The van der Waals surface area contributed by atoms with Gasteiger partial charge in [0.25, 0.3) is 0 Å². The van der Waals surface area contributed by atoms with Crippen LogP contribution in [0.25, 0.3) is 0 Å². The molecule has 1 fully saturated rings. The van der Waals surface area contributed by atoms with Crippen LogP contribution < -0.4 is 5.73 Å². The van der Waals surface area contributed by atoms with Crippen LogP contribution in [-0.4, -0.2) is 16.7 Å². The van der Waals surface area contributed by atoms with Gasteiger partial charge < -0.3 is 10.8 Å². The lowest BCUT2D eigenvalue weighted by molar-refractivity contribution is 0.0245. The number of aliphatic hydroxyl groups is 1. The first kappa shape index (κ1) is 8.02. The largest absolute Gasteiger partial charge is 0.389 e. The third-order valence-corrected chi connectivity index (χ3v) is 2.38. The van der Waals surface area contributed by atoms with Crippen LogP contribution in [-0.2, 0) is 0 Å². The van der Waals surface area contributed by atoms with E-state index in [0.717, 1.165) is 12.3 Å². The Morgan fingerprint density at radius 2 is 2.20 bits per heavy atom. The minimum absolute atomic E-state index is 0.104. The Morgan fingerprint density at radius 1 is 1.70 bits per heavy atom. The smallest absolute Gasteiger partial charge is 0.0769 e. The van der Waals surface area contributed by atoms with Crippen LogP contribution in [0.3, 0.4) is 0 Å². The SMILES string of the molecule is C[C@H](N)[C@](C)(O)CC1CC1. The Hall–Kier alpha value is -0.0800. The topological polar surface area (TPSA) is 46.2 Å². The highest BCUT2D eigenvalue weighted by molar-refractivity contribution is 4.88. The van der Waals surface area contributed by atoms with Crippen LogP contribution in [0.2, 0.25) is 0 Å². The average Bonchev–Trinajstić information content (AvgIpc) is 2.48. The van der Waals surface area contributed by atoms with E-state index in [1.807, 2.05) is 13.8 Å². The summed E-state index contributed by atoms with van der Waals surface area (Å²) in [4.78, 5) is 0. The van der Waals surface area contributed by atoms with Crippen LogP contribution in [0.5, 0.6) is 0 Å². The van der Waals surface area contributed by atoms with Crippen molar-refractivity contribution in [2.24, 2.45) is 11.7 Å². The number of hydrogen-bond acceptors (Lipinski definition) is 2. The predicted molar refractivity (Wildman–Crippen MR) is 41.6 cm³/mol. The second kappa shape index (κ2) is 2.51. The maximum Gasteiger partial charge on any atom is 0.0769 e. The lowest BCUT2D eigenvalue weighted by Gasteiger charge is -2.27. The molecule has 0 aliphatic heterocycles. The molecule has 3 N–H and O–H groups in total. The summed E-state index contributed by atoms with van der Waals surface area (Å²) in [5, 5.41) is 9.68. The Balaban J connectivity index is 2.33. The highest BCUT2D eigenvalue weighted by atomic mass is 16.3. The lowest BCUT2D eigenvalue weighted by atomic mass is 9.92. The van der Waals surface area contributed by atoms with Crippen LogP contribution in [0.15, 0.2) is 0 Å². The van der Waals surface area contributed by atoms with E-state index in [2.05, 4.69) is 0 Å². The second-order valence-corrected chi connectivity index (χ2v) is 3.79. The zero-order valence-electron chi connectivity index (χ0n) is 6.80. The van der Waals surface area contributed by atoms with Gasteiger partial charge in [0.15, 0.2) is 0 Å². The van der Waals surface area contributed by atoms with Crippen molar-refractivity contribution < 1.29 is 5.11 Å². The third-order valence-electron chi connectivity index (χ3n) is 2.38. The molecule has 0 aromatic rings. The molecule has 0 saturated heterocycles. The first-order chi connectivity index (χ1) is 4.52. The molecule has 10 heavy (non-hydrogen) atoms. The standard InChI is InChI=1S/C8H17NO/c1-6(9)8(2,10)5-7-3-4-7/h6-7,10H,3-5,9H2,1-2H3/t6-,8+/m0/s1. The van der Waals surface area contributed by atoms with Crippen molar-refractivity contribution in [3.8, 4) is 0 Å². The monoisotopic (exact) mass is 143 g/mol. The Kier molecular flexibility index (Phi) is 2.02. The first-order valence-corrected chi connectivity index (χ1v) is 4.00. The van der Waals surface area contributed by atoms with Crippen LogP contribution in [0.4, 0.5) is 0 Å². The van der Waals surface area contributed by atoms with Crippen molar-refractivity contribution in [2.75, 3.05) is 0 Å². The summed E-state index contributed by atoms with van der Waals surface area (Å²) < 4.78 is 0. The third kappa shape index (κ3) is 1.96. The molecule has 0 heterocycles. The first-order valence-electron chi connectivity index (χ1n) is 4.00. The van der Waals surface area contributed by atoms with Crippen molar-refractivity contribution >= 4 is 0 Å². The molecule has 0 radical (unpaired) electrons. The van der Waals surface area contributed by atoms with Gasteiger partial charge in [0, 0.05) is 6.04 Å². The van der Waals surface area contributed by atoms with E-state index in [9.17, 15) is 5.11 Å². The Bertz CT molecular complexity index is 116. The van der Waals surface area contributed by atoms with Gasteiger partial charge in [-0.1, -0.05) is 12.8 Å². The lowest BCUT2D eigenvalue weighted by Crippen LogP contribution is -2.43. The van der Waals surface area contributed by atoms with Crippen LogP contribution >= 0.6 is 0 Å². The van der Waals surface area contributed by atoms with Gasteiger partial charge in [0.2, 0.25) is 0 Å². The summed E-state index contributed by atoms with van der Waals surface area (Å²) in [5.74, 6) is 0.751. The second-order valence-electron chi connectivity index (χ2n) is 3.79. The maximum absolute atomic E-state index is 9.68. The molecule has 0 amide bonds. The molecule has 2 heteroatoms. The number of hydrogen-bond donors (Lipinski definition) is 2. The fourth-order valence-electron chi connectivity index (χ4n) is 1.09. The fraction of sp³-hybridized carbons (Fsp3) is 1.00. The van der Waals surface area contributed by atoms with Crippen molar-refractivity contribution in [3.63, 3.8) is 0 Å². The summed E-state index contributed by atoms with van der Waals surface area (Å²) in [6.07, 6.45) is 3.44. The highest BCUT2D eigenvalue weighted by Gasteiger charge is 2.33.